The maximum Gasteiger partial charge on any atom is 0.509 e. The number of benzene rings is 1. The number of cyclic esters (lactones) is 1. The number of carbonyl (C=O) groups is 2. The van der Waals surface area contributed by atoms with Crippen molar-refractivity contribution >= 4 is 28.1 Å². The number of hydrogen-bond acceptors (Lipinski definition) is 8. The van der Waals surface area contributed by atoms with Crippen molar-refractivity contribution in [2.45, 2.75) is 120 Å². The van der Waals surface area contributed by atoms with Crippen LogP contribution in [0.1, 0.15) is 83.5 Å². The van der Waals surface area contributed by atoms with Crippen LogP contribution in [0.4, 0.5) is 4.79 Å². The van der Waals surface area contributed by atoms with Crippen LogP contribution in [0.25, 0.3) is 0 Å². The van der Waals surface area contributed by atoms with E-state index in [2.05, 4.69) is 29.8 Å². The molecule has 4 fully saturated rings. The van der Waals surface area contributed by atoms with Crippen molar-refractivity contribution in [1.29, 1.82) is 0 Å². The number of fused-ring (bicyclic) bond motifs is 3. The summed E-state index contributed by atoms with van der Waals surface area (Å²) in [6.45, 7) is 10.2. The van der Waals surface area contributed by atoms with Gasteiger partial charge in [-0.2, -0.15) is 0 Å². The minimum Gasteiger partial charge on any atom is -0.456 e. The Balaban J connectivity index is 1.34. The van der Waals surface area contributed by atoms with Crippen LogP contribution in [0.2, 0.25) is 0 Å². The smallest absolute Gasteiger partial charge is 0.456 e. The van der Waals surface area contributed by atoms with Crippen LogP contribution in [-0.4, -0.2) is 65.6 Å². The van der Waals surface area contributed by atoms with Crippen molar-refractivity contribution < 1.29 is 38.0 Å². The molecular weight excluding hydrogens is 544 g/mol. The summed E-state index contributed by atoms with van der Waals surface area (Å²) in [5, 5.41) is 0. The van der Waals surface area contributed by atoms with Crippen molar-refractivity contribution in [2.24, 2.45) is 0 Å². The summed E-state index contributed by atoms with van der Waals surface area (Å²) in [5.41, 5.74) is -2.11. The lowest BCUT2D eigenvalue weighted by molar-refractivity contribution is -0.234. The van der Waals surface area contributed by atoms with Crippen LogP contribution in [0, 0.1) is 0 Å². The second-order valence-electron chi connectivity index (χ2n) is 12.0. The third-order valence-electron chi connectivity index (χ3n) is 8.79. The average molecular weight is 582 g/mol. The van der Waals surface area contributed by atoms with Gasteiger partial charge in [0.25, 0.3) is 0 Å². The van der Waals surface area contributed by atoms with Crippen LogP contribution in [0.15, 0.2) is 28.7 Å². The van der Waals surface area contributed by atoms with Crippen LogP contribution in [-0.2, 0) is 28.4 Å². The molecule has 4 aliphatic heterocycles. The first-order valence-corrected chi connectivity index (χ1v) is 14.0. The van der Waals surface area contributed by atoms with Gasteiger partial charge in [0.15, 0.2) is 0 Å². The van der Waals surface area contributed by atoms with Gasteiger partial charge in [-0.05, 0) is 97.4 Å². The zero-order valence-corrected chi connectivity index (χ0v) is 23.8. The molecule has 7 atom stereocenters. The molecule has 0 spiro atoms. The fourth-order valence-corrected chi connectivity index (χ4v) is 6.49. The molecule has 1 aromatic rings. The highest BCUT2D eigenvalue weighted by molar-refractivity contribution is 9.10. The maximum absolute atomic E-state index is 12.9. The van der Waals surface area contributed by atoms with Gasteiger partial charge in [0.2, 0.25) is 0 Å². The van der Waals surface area contributed by atoms with Gasteiger partial charge in [-0.25, -0.2) is 9.59 Å². The van der Waals surface area contributed by atoms with Crippen LogP contribution < -0.4 is 0 Å². The van der Waals surface area contributed by atoms with Gasteiger partial charge in [0, 0.05) is 4.47 Å². The second kappa shape index (κ2) is 9.50. The van der Waals surface area contributed by atoms with E-state index in [0.717, 1.165) is 17.3 Å². The van der Waals surface area contributed by atoms with Crippen LogP contribution in [0.3, 0.4) is 0 Å². The Morgan fingerprint density at radius 3 is 2.08 bits per heavy atom. The van der Waals surface area contributed by atoms with Crippen molar-refractivity contribution in [3.63, 3.8) is 0 Å². The summed E-state index contributed by atoms with van der Waals surface area (Å²) >= 11 is 3.40. The third kappa shape index (κ3) is 5.16. The van der Waals surface area contributed by atoms with E-state index in [4.69, 9.17) is 28.4 Å². The highest BCUT2D eigenvalue weighted by Gasteiger charge is 2.58. The molecule has 0 saturated carbocycles. The molecule has 4 saturated heterocycles. The molecule has 0 aliphatic carbocycles. The quantitative estimate of drug-likeness (QED) is 0.409. The number of esters is 1. The second-order valence-corrected chi connectivity index (χ2v) is 13.0. The molecule has 8 nitrogen and oxygen atoms in total. The first-order valence-electron chi connectivity index (χ1n) is 13.2. The van der Waals surface area contributed by atoms with Crippen LogP contribution >= 0.6 is 15.9 Å². The molecule has 4 aliphatic rings. The van der Waals surface area contributed by atoms with E-state index < -0.39 is 34.7 Å². The fourth-order valence-electron chi connectivity index (χ4n) is 6.22. The molecule has 0 N–H and O–H groups in total. The molecule has 0 aromatic heterocycles. The minimum absolute atomic E-state index is 0.174. The van der Waals surface area contributed by atoms with Gasteiger partial charge in [-0.1, -0.05) is 15.9 Å². The summed E-state index contributed by atoms with van der Waals surface area (Å²) in [6.07, 6.45) is 2.19. The van der Waals surface area contributed by atoms with Gasteiger partial charge in [-0.3, -0.25) is 0 Å². The molecule has 0 bridgehead atoms. The lowest BCUT2D eigenvalue weighted by Crippen LogP contribution is -2.54. The van der Waals surface area contributed by atoms with Crippen molar-refractivity contribution in [3.8, 4) is 0 Å². The normalized spacial score (nSPS) is 41.3. The molecule has 0 amide bonds. The number of halogens is 1. The molecule has 0 radical (unpaired) electrons. The fraction of sp³-hybridized carbons (Fsp3) is 0.714. The first-order chi connectivity index (χ1) is 17.3. The number of carbonyl (C=O) groups excluding carboxylic acids is 2. The lowest BCUT2D eigenvalue weighted by Gasteiger charge is -2.42. The molecule has 37 heavy (non-hydrogen) atoms. The summed E-state index contributed by atoms with van der Waals surface area (Å²) < 4.78 is 38.0. The summed E-state index contributed by atoms with van der Waals surface area (Å²) in [5.74, 6) is -0.361. The highest BCUT2D eigenvalue weighted by Crippen LogP contribution is 2.49. The Morgan fingerprint density at radius 1 is 0.838 bits per heavy atom. The Morgan fingerprint density at radius 2 is 1.41 bits per heavy atom. The summed E-state index contributed by atoms with van der Waals surface area (Å²) in [7, 11) is 0. The average Bonchev–Trinajstić information content (AvgIpc) is 3.04. The third-order valence-corrected chi connectivity index (χ3v) is 9.32. The Kier molecular flexibility index (Phi) is 6.91. The zero-order chi connectivity index (χ0) is 26.6. The van der Waals surface area contributed by atoms with Crippen LogP contribution in [0.5, 0.6) is 0 Å². The van der Waals surface area contributed by atoms with Crippen molar-refractivity contribution in [3.05, 3.63) is 34.3 Å². The largest absolute Gasteiger partial charge is 0.509 e. The van der Waals surface area contributed by atoms with Gasteiger partial charge in [0.05, 0.1) is 34.6 Å². The molecular formula is C28H37BrO8. The molecule has 1 aromatic carbocycles. The van der Waals surface area contributed by atoms with E-state index >= 15 is 0 Å². The van der Waals surface area contributed by atoms with Gasteiger partial charge >= 0.3 is 12.1 Å². The van der Waals surface area contributed by atoms with E-state index in [1.54, 1.807) is 12.1 Å². The van der Waals surface area contributed by atoms with E-state index in [1.807, 2.05) is 32.9 Å². The first kappa shape index (κ1) is 26.9. The van der Waals surface area contributed by atoms with E-state index in [1.165, 1.54) is 0 Å². The molecule has 4 heterocycles. The SMILES string of the molecule is CC1(C)O[C@@H]2CC[C@]3(C)O[C@@H]4COC(=O)O[C@@]4(C)CC[C@H]3O[C@@]2(C)CC[C@H]1OC(=O)c1ccc(Br)cc1. The predicted molar refractivity (Wildman–Crippen MR) is 137 cm³/mol. The van der Waals surface area contributed by atoms with E-state index in [-0.39, 0.29) is 30.9 Å². The monoisotopic (exact) mass is 580 g/mol. The maximum atomic E-state index is 12.9. The molecule has 5 rings (SSSR count). The van der Waals surface area contributed by atoms with Gasteiger partial charge in [-0.15, -0.1) is 0 Å². The molecule has 9 heteroatoms. The number of ether oxygens (including phenoxy) is 6. The molecule has 0 unspecified atom stereocenters. The standard InChI is InChI=1S/C28H37BrO8/c1-25(2)19(33-23(30)17-6-8-18(29)9-7-17)10-13-26(3)20(34-25)11-14-27(4)21(35-26)12-15-28(5)22(36-27)16-32-24(31)37-28/h6-9,19-22H,10-16H2,1-5H3/t19-,20-,21-,22-,26+,27+,28+/m1/s1. The predicted octanol–water partition coefficient (Wildman–Crippen LogP) is 5.73. The number of hydrogen-bond donors (Lipinski definition) is 0. The molecule has 204 valence electrons. The number of rotatable bonds is 2. The van der Waals surface area contributed by atoms with E-state index in [9.17, 15) is 9.59 Å². The van der Waals surface area contributed by atoms with Gasteiger partial charge in [0.1, 0.15) is 24.4 Å². The lowest BCUT2D eigenvalue weighted by atomic mass is 9.87. The van der Waals surface area contributed by atoms with Gasteiger partial charge < -0.3 is 28.4 Å². The Hall–Kier alpha value is -1.68. The van der Waals surface area contributed by atoms with Crippen molar-refractivity contribution in [2.75, 3.05) is 6.61 Å². The zero-order valence-electron chi connectivity index (χ0n) is 22.2. The highest BCUT2D eigenvalue weighted by atomic mass is 79.9. The Bertz CT molecular complexity index is 1040. The topological polar surface area (TPSA) is 89.5 Å². The van der Waals surface area contributed by atoms with E-state index in [0.29, 0.717) is 31.2 Å². The summed E-state index contributed by atoms with van der Waals surface area (Å²) in [4.78, 5) is 24.8. The summed E-state index contributed by atoms with van der Waals surface area (Å²) in [6, 6.07) is 7.15. The minimum atomic E-state index is -0.748. The van der Waals surface area contributed by atoms with Crippen molar-refractivity contribution in [1.82, 2.24) is 0 Å². The Labute approximate surface area is 226 Å².